The van der Waals surface area contributed by atoms with Crippen molar-refractivity contribution in [3.8, 4) is 5.00 Å². The summed E-state index contributed by atoms with van der Waals surface area (Å²) in [7, 11) is 0. The molecule has 1 saturated heterocycles. The lowest BCUT2D eigenvalue weighted by Crippen LogP contribution is -2.48. The fourth-order valence-corrected chi connectivity index (χ4v) is 9.89. The normalized spacial score (nSPS) is 15.4. The lowest BCUT2D eigenvalue weighted by Gasteiger charge is -2.35. The van der Waals surface area contributed by atoms with Gasteiger partial charge < -0.3 is 25.6 Å². The third kappa shape index (κ3) is 9.80. The van der Waals surface area contributed by atoms with E-state index in [4.69, 9.17) is 32.9 Å². The molecule has 64 heavy (non-hydrogen) atoms. The SMILES string of the molecule is Cc1nc(Nc2ncc(C(=O)Nc3c(C)cccc3Cl)s2)cc(N2CCN(CCOC(=O)C(C)NC(=O)C[C@@H]3N=C(c4ccc(Cl)cc4)c4c(sc(C)c4C)-n4c(C)nnc43)CC2)n1. The maximum atomic E-state index is 13.6. The number of thiophene rings is 1. The maximum Gasteiger partial charge on any atom is 0.328 e. The van der Waals surface area contributed by atoms with Crippen LogP contribution in [-0.4, -0.2) is 103 Å². The molecule has 2 aromatic carbocycles. The monoisotopic (exact) mass is 940 g/mol. The van der Waals surface area contributed by atoms with Crippen LogP contribution < -0.4 is 20.9 Å². The maximum absolute atomic E-state index is 13.6. The number of aryl methyl sites for hydroxylation is 4. The Labute approximate surface area is 388 Å². The number of fused-ring (bicyclic) bond motifs is 3. The van der Waals surface area contributed by atoms with E-state index in [0.717, 1.165) is 56.8 Å². The molecule has 0 radical (unpaired) electrons. The summed E-state index contributed by atoms with van der Waals surface area (Å²) in [6.45, 7) is 14.9. The molecule has 1 fully saturated rings. The van der Waals surface area contributed by atoms with Gasteiger partial charge in [0.1, 0.15) is 51.9 Å². The molecule has 16 nitrogen and oxygen atoms in total. The molecule has 6 heterocycles. The first-order valence-corrected chi connectivity index (χ1v) is 23.1. The van der Waals surface area contributed by atoms with Crippen LogP contribution in [0.5, 0.6) is 0 Å². The molecule has 332 valence electrons. The number of esters is 1. The number of nitrogens with one attached hydrogen (secondary N) is 3. The van der Waals surface area contributed by atoms with E-state index in [9.17, 15) is 14.4 Å². The number of aliphatic imine (C=N–C) groups is 1. The number of amides is 2. The number of para-hydroxylation sites is 1. The molecule has 2 aliphatic heterocycles. The Bertz CT molecular complexity index is 2740. The third-order valence-electron chi connectivity index (χ3n) is 11.1. The van der Waals surface area contributed by atoms with Gasteiger partial charge in [0, 0.05) is 59.8 Å². The minimum absolute atomic E-state index is 0.0525. The number of thiazole rings is 1. The first-order valence-electron chi connectivity index (χ1n) is 20.7. The Morgan fingerprint density at radius 3 is 2.47 bits per heavy atom. The Balaban J connectivity index is 0.821. The number of benzene rings is 2. The van der Waals surface area contributed by atoms with Crippen molar-refractivity contribution < 1.29 is 19.1 Å². The highest BCUT2D eigenvalue weighted by atomic mass is 35.5. The fourth-order valence-electron chi connectivity index (χ4n) is 7.56. The average Bonchev–Trinajstić information content (AvgIpc) is 3.95. The number of ether oxygens (including phenoxy) is 1. The molecule has 1 unspecified atom stereocenters. The lowest BCUT2D eigenvalue weighted by atomic mass is 9.99. The van der Waals surface area contributed by atoms with E-state index in [1.54, 1.807) is 24.3 Å². The highest BCUT2D eigenvalue weighted by Gasteiger charge is 2.33. The van der Waals surface area contributed by atoms with Crippen molar-refractivity contribution in [3.05, 3.63) is 114 Å². The molecule has 20 heteroatoms. The van der Waals surface area contributed by atoms with Gasteiger partial charge in [0.25, 0.3) is 5.91 Å². The van der Waals surface area contributed by atoms with E-state index in [2.05, 4.69) is 64.7 Å². The predicted octanol–water partition coefficient (Wildman–Crippen LogP) is 7.57. The predicted molar refractivity (Wildman–Crippen MR) is 251 cm³/mol. The number of carbonyl (C=O) groups is 3. The molecule has 0 spiro atoms. The number of nitrogens with zero attached hydrogens (tertiary/aromatic N) is 9. The van der Waals surface area contributed by atoms with Crippen molar-refractivity contribution >= 4 is 91.8 Å². The van der Waals surface area contributed by atoms with Crippen LogP contribution in [0, 0.1) is 34.6 Å². The van der Waals surface area contributed by atoms with Crippen LogP contribution >= 0.6 is 45.9 Å². The highest BCUT2D eigenvalue weighted by molar-refractivity contribution is 7.17. The highest BCUT2D eigenvalue weighted by Crippen LogP contribution is 2.40. The van der Waals surface area contributed by atoms with Crippen LogP contribution in [0.4, 0.5) is 22.5 Å². The topological polar surface area (TPSA) is 185 Å². The smallest absolute Gasteiger partial charge is 0.328 e. The third-order valence-corrected chi connectivity index (χ3v) is 13.7. The second kappa shape index (κ2) is 19.1. The molecule has 0 saturated carbocycles. The average molecular weight is 942 g/mol. The van der Waals surface area contributed by atoms with Gasteiger partial charge >= 0.3 is 5.97 Å². The largest absolute Gasteiger partial charge is 0.463 e. The molecule has 2 aliphatic rings. The van der Waals surface area contributed by atoms with Gasteiger partial charge in [-0.1, -0.05) is 58.8 Å². The first-order chi connectivity index (χ1) is 30.7. The number of carbonyl (C=O) groups excluding carboxylic acids is 3. The van der Waals surface area contributed by atoms with E-state index in [-0.39, 0.29) is 24.8 Å². The van der Waals surface area contributed by atoms with Gasteiger partial charge in [0.05, 0.1) is 29.0 Å². The van der Waals surface area contributed by atoms with E-state index in [0.29, 0.717) is 68.7 Å². The van der Waals surface area contributed by atoms with Crippen molar-refractivity contribution in [2.24, 2.45) is 4.99 Å². The van der Waals surface area contributed by atoms with Gasteiger partial charge in [-0.15, -0.1) is 21.5 Å². The number of halogens is 2. The summed E-state index contributed by atoms with van der Waals surface area (Å²) < 4.78 is 7.62. The zero-order valence-corrected chi connectivity index (χ0v) is 39.2. The van der Waals surface area contributed by atoms with E-state index in [1.165, 1.54) is 17.5 Å². The quantitative estimate of drug-likeness (QED) is 0.0967. The van der Waals surface area contributed by atoms with Crippen molar-refractivity contribution in [2.45, 2.75) is 60.0 Å². The number of piperazine rings is 1. The number of hydrogen-bond donors (Lipinski definition) is 3. The number of hydrogen-bond acceptors (Lipinski definition) is 15. The fraction of sp³-hybridized carbons (Fsp3) is 0.341. The lowest BCUT2D eigenvalue weighted by molar-refractivity contribution is -0.147. The first kappa shape index (κ1) is 44.8. The molecule has 2 amide bonds. The van der Waals surface area contributed by atoms with Gasteiger partial charge in [-0.2, -0.15) is 0 Å². The van der Waals surface area contributed by atoms with Crippen molar-refractivity contribution in [3.63, 3.8) is 0 Å². The van der Waals surface area contributed by atoms with Crippen molar-refractivity contribution in [2.75, 3.05) is 54.9 Å². The van der Waals surface area contributed by atoms with Gasteiger partial charge in [0.2, 0.25) is 5.91 Å². The summed E-state index contributed by atoms with van der Waals surface area (Å²) >= 11 is 15.4. The van der Waals surface area contributed by atoms with Crippen LogP contribution in [0.1, 0.15) is 73.7 Å². The van der Waals surface area contributed by atoms with Crippen LogP contribution in [0.25, 0.3) is 5.00 Å². The minimum Gasteiger partial charge on any atom is -0.463 e. The molecular weight excluding hydrogens is 896 g/mol. The number of rotatable bonds is 13. The van der Waals surface area contributed by atoms with Gasteiger partial charge in [-0.3, -0.25) is 24.0 Å². The molecule has 0 bridgehead atoms. The van der Waals surface area contributed by atoms with Gasteiger partial charge in [0.15, 0.2) is 11.0 Å². The molecule has 8 rings (SSSR count). The van der Waals surface area contributed by atoms with Gasteiger partial charge in [-0.05, 0) is 70.9 Å². The van der Waals surface area contributed by atoms with E-state index >= 15 is 0 Å². The van der Waals surface area contributed by atoms with Crippen LogP contribution in [0.2, 0.25) is 10.0 Å². The Morgan fingerprint density at radius 2 is 1.72 bits per heavy atom. The van der Waals surface area contributed by atoms with Crippen LogP contribution in [-0.2, 0) is 14.3 Å². The van der Waals surface area contributed by atoms with E-state index < -0.39 is 18.1 Å². The molecule has 6 aromatic rings. The van der Waals surface area contributed by atoms with Crippen molar-refractivity contribution in [1.82, 2.24) is 39.9 Å². The second-order valence-electron chi connectivity index (χ2n) is 15.6. The number of anilines is 4. The summed E-state index contributed by atoms with van der Waals surface area (Å²) in [4.78, 5) is 64.4. The zero-order chi connectivity index (χ0) is 45.2. The summed E-state index contributed by atoms with van der Waals surface area (Å²) in [6.07, 6.45) is 1.46. The molecule has 4 aromatic heterocycles. The molecule has 0 aliphatic carbocycles. The Kier molecular flexibility index (Phi) is 13.4. The summed E-state index contributed by atoms with van der Waals surface area (Å²) in [5.41, 5.74) is 5.11. The van der Waals surface area contributed by atoms with Gasteiger partial charge in [-0.25, -0.2) is 19.7 Å². The van der Waals surface area contributed by atoms with Crippen LogP contribution in [0.3, 0.4) is 0 Å². The molecule has 3 N–H and O–H groups in total. The van der Waals surface area contributed by atoms with E-state index in [1.807, 2.05) is 67.8 Å². The Hall–Kier alpha value is -5.79. The Morgan fingerprint density at radius 1 is 0.953 bits per heavy atom. The minimum atomic E-state index is -0.879. The summed E-state index contributed by atoms with van der Waals surface area (Å²) in [5.74, 6) is 1.97. The zero-order valence-electron chi connectivity index (χ0n) is 36.0. The summed E-state index contributed by atoms with van der Waals surface area (Å²) in [6, 6.07) is 13.3. The van der Waals surface area contributed by atoms with Crippen molar-refractivity contribution in [1.29, 1.82) is 0 Å². The second-order valence-corrected chi connectivity index (χ2v) is 18.7. The number of aromatic nitrogens is 6. The molecular formula is C44H46Cl2N12O4S2. The summed E-state index contributed by atoms with van der Waals surface area (Å²) in [5, 5.41) is 20.3. The van der Waals surface area contributed by atoms with Crippen LogP contribution in [0.15, 0.2) is 59.7 Å². The standard InChI is InChI=1S/C44H46Cl2N12O4S2/c1-23-8-7-9-31(46)38(23)53-41(60)33-22-47-44(64-33)52-34-21-35(50-27(5)49-34)57-16-14-56(15-17-57)18-19-62-43(61)25(3)48-36(59)20-32-40-55-54-28(6)58(40)42-37(24(2)26(4)63-42)39(51-32)29-10-12-30(45)13-11-29/h7-13,21-22,25,32H,14-20H2,1-6H3,(H,48,59)(H,53,60)(H,47,49,50,52)/t25?,32-/m0/s1. The molecule has 2 atom stereocenters.